The van der Waals surface area contributed by atoms with Crippen molar-refractivity contribution in [3.05, 3.63) is 107 Å². The van der Waals surface area contributed by atoms with E-state index in [1.54, 1.807) is 17.4 Å². The number of thiophene rings is 2. The Labute approximate surface area is 215 Å². The van der Waals surface area contributed by atoms with Crippen molar-refractivity contribution < 1.29 is 4.79 Å². The Kier molecular flexibility index (Phi) is 5.80. The summed E-state index contributed by atoms with van der Waals surface area (Å²) in [5.41, 5.74) is 10.2. The number of carbonyl (C=O) groups excluding carboxylic acids is 1. The van der Waals surface area contributed by atoms with Crippen LogP contribution in [0.25, 0.3) is 31.8 Å². The van der Waals surface area contributed by atoms with Crippen molar-refractivity contribution in [2.75, 3.05) is 11.1 Å². The fourth-order valence-electron chi connectivity index (χ4n) is 4.05. The summed E-state index contributed by atoms with van der Waals surface area (Å²) < 4.78 is 1.82. The minimum atomic E-state index is -0.204. The van der Waals surface area contributed by atoms with Crippen LogP contribution in [-0.4, -0.2) is 20.9 Å². The average molecular weight is 508 g/mol. The molecule has 1 amide bonds. The molecule has 0 spiro atoms. The highest BCUT2D eigenvalue weighted by Gasteiger charge is 2.15. The van der Waals surface area contributed by atoms with E-state index in [0.717, 1.165) is 26.6 Å². The summed E-state index contributed by atoms with van der Waals surface area (Å²) in [6.07, 6.45) is 1.91. The molecule has 6 aromatic rings. The van der Waals surface area contributed by atoms with Gasteiger partial charge < -0.3 is 11.1 Å². The Morgan fingerprint density at radius 1 is 0.917 bits per heavy atom. The van der Waals surface area contributed by atoms with Crippen molar-refractivity contribution >= 4 is 50.7 Å². The van der Waals surface area contributed by atoms with Gasteiger partial charge >= 0.3 is 0 Å². The van der Waals surface area contributed by atoms with Gasteiger partial charge in [-0.25, -0.2) is 4.68 Å². The molecule has 0 atom stereocenters. The number of benzene rings is 3. The molecule has 3 aromatic carbocycles. The lowest BCUT2D eigenvalue weighted by Gasteiger charge is -2.09. The third-order valence-corrected chi connectivity index (χ3v) is 7.91. The number of aromatic nitrogens is 3. The number of amides is 1. The summed E-state index contributed by atoms with van der Waals surface area (Å²) in [4.78, 5) is 15.5. The number of hydrogen-bond donors (Lipinski definition) is 2. The largest absolute Gasteiger partial charge is 0.397 e. The smallest absolute Gasteiger partial charge is 0.265 e. The van der Waals surface area contributed by atoms with Gasteiger partial charge in [0.05, 0.1) is 33.9 Å². The zero-order valence-corrected chi connectivity index (χ0v) is 20.7. The zero-order chi connectivity index (χ0) is 24.5. The number of nitrogen functional groups attached to an aromatic ring is 1. The molecular formula is C28H21N5OS2. The van der Waals surface area contributed by atoms with Crippen molar-refractivity contribution in [3.8, 4) is 21.0 Å². The standard InChI is InChI=1S/C28H21N5OS2/c29-22-10-9-21(25-6-3-13-35-25)15-23(22)30-28(34)27-12-11-26(36-27)24-17-33(32-31-24)16-18-7-8-19-4-1-2-5-20(19)14-18/h1-15,17H,16,29H2,(H,30,34). The third-order valence-electron chi connectivity index (χ3n) is 5.89. The van der Waals surface area contributed by atoms with Gasteiger partial charge in [0.1, 0.15) is 5.69 Å². The molecule has 0 bridgehead atoms. The number of fused-ring (bicyclic) bond motifs is 1. The third kappa shape index (κ3) is 4.51. The Balaban J connectivity index is 1.17. The zero-order valence-electron chi connectivity index (χ0n) is 19.1. The first-order valence-corrected chi connectivity index (χ1v) is 13.0. The van der Waals surface area contributed by atoms with E-state index in [4.69, 9.17) is 5.73 Å². The van der Waals surface area contributed by atoms with Crippen LogP contribution in [0.3, 0.4) is 0 Å². The van der Waals surface area contributed by atoms with Crippen LogP contribution in [0.5, 0.6) is 0 Å². The maximum atomic E-state index is 13.0. The minimum Gasteiger partial charge on any atom is -0.397 e. The van der Waals surface area contributed by atoms with Gasteiger partial charge in [0.25, 0.3) is 5.91 Å². The molecule has 0 saturated carbocycles. The molecule has 176 valence electrons. The van der Waals surface area contributed by atoms with Crippen LogP contribution < -0.4 is 11.1 Å². The van der Waals surface area contributed by atoms with Crippen molar-refractivity contribution in [3.63, 3.8) is 0 Å². The van der Waals surface area contributed by atoms with Gasteiger partial charge in [-0.05, 0) is 63.7 Å². The summed E-state index contributed by atoms with van der Waals surface area (Å²) in [6, 6.07) is 28.1. The highest BCUT2D eigenvalue weighted by atomic mass is 32.1. The molecule has 0 aliphatic rings. The van der Waals surface area contributed by atoms with E-state index in [2.05, 4.69) is 46.0 Å². The lowest BCUT2D eigenvalue weighted by atomic mass is 10.1. The van der Waals surface area contributed by atoms with Gasteiger partial charge in [-0.1, -0.05) is 53.7 Å². The number of nitrogens with two attached hydrogens (primary N) is 1. The van der Waals surface area contributed by atoms with Gasteiger partial charge in [-0.3, -0.25) is 4.79 Å². The molecule has 0 unspecified atom stereocenters. The average Bonchev–Trinajstić information content (AvgIpc) is 3.67. The van der Waals surface area contributed by atoms with E-state index in [1.807, 2.05) is 64.8 Å². The summed E-state index contributed by atoms with van der Waals surface area (Å²) in [7, 11) is 0. The molecule has 3 aromatic heterocycles. The van der Waals surface area contributed by atoms with Gasteiger partial charge in [0, 0.05) is 4.88 Å². The SMILES string of the molecule is Nc1ccc(-c2cccs2)cc1NC(=O)c1ccc(-c2cn(Cc3ccc4ccccc4c3)nn2)s1. The van der Waals surface area contributed by atoms with Crippen molar-refractivity contribution in [1.29, 1.82) is 0 Å². The molecule has 6 nitrogen and oxygen atoms in total. The van der Waals surface area contributed by atoms with Gasteiger partial charge in [0.2, 0.25) is 0 Å². The molecule has 36 heavy (non-hydrogen) atoms. The Morgan fingerprint density at radius 3 is 2.67 bits per heavy atom. The van der Waals surface area contributed by atoms with E-state index in [-0.39, 0.29) is 5.91 Å². The minimum absolute atomic E-state index is 0.204. The fraction of sp³-hybridized carbons (Fsp3) is 0.0357. The molecule has 0 aliphatic heterocycles. The second-order valence-electron chi connectivity index (χ2n) is 8.38. The number of rotatable bonds is 6. The van der Waals surface area contributed by atoms with Crippen LogP contribution >= 0.6 is 22.7 Å². The van der Waals surface area contributed by atoms with E-state index in [1.165, 1.54) is 22.1 Å². The normalized spacial score (nSPS) is 11.1. The van der Waals surface area contributed by atoms with Crippen molar-refractivity contribution in [1.82, 2.24) is 15.0 Å². The maximum absolute atomic E-state index is 13.0. The second-order valence-corrected chi connectivity index (χ2v) is 10.4. The van der Waals surface area contributed by atoms with Crippen LogP contribution in [0.2, 0.25) is 0 Å². The van der Waals surface area contributed by atoms with Crippen molar-refractivity contribution in [2.45, 2.75) is 6.54 Å². The molecule has 6 rings (SSSR count). The second kappa shape index (κ2) is 9.41. The quantitative estimate of drug-likeness (QED) is 0.244. The predicted molar refractivity (Wildman–Crippen MR) is 149 cm³/mol. The van der Waals surface area contributed by atoms with Crippen LogP contribution in [0, 0.1) is 0 Å². The molecule has 3 heterocycles. The highest BCUT2D eigenvalue weighted by molar-refractivity contribution is 7.17. The first-order valence-electron chi connectivity index (χ1n) is 11.4. The highest BCUT2D eigenvalue weighted by Crippen LogP contribution is 2.32. The van der Waals surface area contributed by atoms with Crippen LogP contribution in [0.15, 0.2) is 96.5 Å². The lowest BCUT2D eigenvalue weighted by Crippen LogP contribution is -2.11. The van der Waals surface area contributed by atoms with Crippen LogP contribution in [0.1, 0.15) is 15.2 Å². The molecule has 0 saturated heterocycles. The topological polar surface area (TPSA) is 85.8 Å². The number of nitrogens with one attached hydrogen (secondary N) is 1. The summed E-state index contributed by atoms with van der Waals surface area (Å²) in [6.45, 7) is 0.621. The number of anilines is 2. The summed E-state index contributed by atoms with van der Waals surface area (Å²) >= 11 is 3.02. The summed E-state index contributed by atoms with van der Waals surface area (Å²) in [5, 5.41) is 16.0. The van der Waals surface area contributed by atoms with Gasteiger partial charge in [-0.15, -0.1) is 27.8 Å². The Morgan fingerprint density at radius 2 is 1.81 bits per heavy atom. The molecule has 0 fully saturated rings. The van der Waals surface area contributed by atoms with Crippen molar-refractivity contribution in [2.24, 2.45) is 0 Å². The van der Waals surface area contributed by atoms with Gasteiger partial charge in [-0.2, -0.15) is 0 Å². The van der Waals surface area contributed by atoms with Gasteiger partial charge in [0.15, 0.2) is 0 Å². The van der Waals surface area contributed by atoms with E-state index < -0.39 is 0 Å². The molecular weight excluding hydrogens is 486 g/mol. The first-order chi connectivity index (χ1) is 17.6. The monoisotopic (exact) mass is 507 g/mol. The predicted octanol–water partition coefficient (Wildman–Crippen LogP) is 6.77. The molecule has 8 heteroatoms. The number of hydrogen-bond acceptors (Lipinski definition) is 6. The van der Waals surface area contributed by atoms with Crippen LogP contribution in [-0.2, 0) is 6.54 Å². The Bertz CT molecular complexity index is 1680. The maximum Gasteiger partial charge on any atom is 0.265 e. The molecule has 0 aliphatic carbocycles. The number of carbonyl (C=O) groups is 1. The Hall–Kier alpha value is -4.27. The first kappa shape index (κ1) is 22.2. The fourth-order valence-corrected chi connectivity index (χ4v) is 5.63. The number of nitrogens with zero attached hydrogens (tertiary/aromatic N) is 3. The lowest BCUT2D eigenvalue weighted by molar-refractivity contribution is 0.103. The molecule has 3 N–H and O–H groups in total. The van der Waals surface area contributed by atoms with E-state index in [0.29, 0.717) is 22.8 Å². The van der Waals surface area contributed by atoms with E-state index >= 15 is 0 Å². The van der Waals surface area contributed by atoms with Crippen LogP contribution in [0.4, 0.5) is 11.4 Å². The van der Waals surface area contributed by atoms with E-state index in [9.17, 15) is 4.79 Å². The molecule has 0 radical (unpaired) electrons. The summed E-state index contributed by atoms with van der Waals surface area (Å²) in [5.74, 6) is -0.204.